The van der Waals surface area contributed by atoms with Crippen LogP contribution in [0.15, 0.2) is 54.1 Å². The molecule has 2 aromatic rings. The van der Waals surface area contributed by atoms with Crippen LogP contribution in [0, 0.1) is 6.92 Å². The van der Waals surface area contributed by atoms with Gasteiger partial charge < -0.3 is 0 Å². The summed E-state index contributed by atoms with van der Waals surface area (Å²) in [6, 6.07) is 13.2. The second kappa shape index (κ2) is 4.45. The zero-order valence-corrected chi connectivity index (χ0v) is 11.0. The average Bonchev–Trinajstić information content (AvgIpc) is 2.39. The molecule has 18 heavy (non-hydrogen) atoms. The zero-order valence-electron chi connectivity index (χ0n) is 11.0. The minimum absolute atomic E-state index is 1.17. The number of rotatable bonds is 1. The maximum absolute atomic E-state index is 2.36. The molecule has 0 aliphatic heterocycles. The summed E-state index contributed by atoms with van der Waals surface area (Å²) in [4.78, 5) is 0. The normalized spacial score (nSPS) is 15.4. The molecule has 1 aliphatic rings. The molecule has 0 spiro atoms. The Morgan fingerprint density at radius 3 is 2.67 bits per heavy atom. The van der Waals surface area contributed by atoms with E-state index in [2.05, 4.69) is 62.4 Å². The average molecular weight is 234 g/mol. The molecule has 0 heteroatoms. The topological polar surface area (TPSA) is 0 Å². The molecule has 0 aromatic heterocycles. The highest BCUT2D eigenvalue weighted by Crippen LogP contribution is 2.29. The van der Waals surface area contributed by atoms with Crippen LogP contribution >= 0.6 is 0 Å². The number of hydrogen-bond donors (Lipinski definition) is 0. The molecule has 0 bridgehead atoms. The van der Waals surface area contributed by atoms with Crippen LogP contribution in [0.25, 0.3) is 16.3 Å². The van der Waals surface area contributed by atoms with Gasteiger partial charge in [-0.25, -0.2) is 0 Å². The summed E-state index contributed by atoms with van der Waals surface area (Å²) in [7, 11) is 0. The van der Waals surface area contributed by atoms with E-state index in [1.54, 1.807) is 0 Å². The molecule has 0 unspecified atom stereocenters. The molecule has 0 saturated carbocycles. The molecule has 0 N–H and O–H groups in total. The van der Waals surface area contributed by atoms with E-state index in [9.17, 15) is 0 Å². The second-order valence-corrected chi connectivity index (χ2v) is 5.20. The Balaban J connectivity index is 2.16. The summed E-state index contributed by atoms with van der Waals surface area (Å²) in [5.74, 6) is 0. The van der Waals surface area contributed by atoms with Gasteiger partial charge in [0, 0.05) is 0 Å². The molecule has 0 atom stereocenters. The van der Waals surface area contributed by atoms with Gasteiger partial charge in [0.25, 0.3) is 0 Å². The predicted octanol–water partition coefficient (Wildman–Crippen LogP) is 5.27. The van der Waals surface area contributed by atoms with Crippen LogP contribution in [-0.4, -0.2) is 0 Å². The van der Waals surface area contributed by atoms with E-state index >= 15 is 0 Å². The van der Waals surface area contributed by atoms with E-state index in [-0.39, 0.29) is 0 Å². The number of allylic oxidation sites excluding steroid dienone is 4. The lowest BCUT2D eigenvalue weighted by molar-refractivity contribution is 0.966. The maximum atomic E-state index is 2.36. The van der Waals surface area contributed by atoms with Crippen molar-refractivity contribution in [2.24, 2.45) is 0 Å². The van der Waals surface area contributed by atoms with E-state index in [0.717, 1.165) is 0 Å². The first-order chi connectivity index (χ1) is 8.74. The molecule has 3 rings (SSSR count). The van der Waals surface area contributed by atoms with Crippen LogP contribution in [-0.2, 0) is 0 Å². The Kier molecular flexibility index (Phi) is 2.79. The molecule has 0 radical (unpaired) electrons. The molecule has 0 heterocycles. The number of benzene rings is 2. The van der Waals surface area contributed by atoms with E-state index < -0.39 is 0 Å². The van der Waals surface area contributed by atoms with Crippen molar-refractivity contribution in [2.45, 2.75) is 26.7 Å². The Morgan fingerprint density at radius 2 is 1.83 bits per heavy atom. The summed E-state index contributed by atoms with van der Waals surface area (Å²) in [5, 5.41) is 2.70. The third-order valence-electron chi connectivity index (χ3n) is 3.71. The smallest absolute Gasteiger partial charge is 0.0154 e. The Hall–Kier alpha value is -1.82. The lowest BCUT2D eigenvalue weighted by Crippen LogP contribution is -1.91. The predicted molar refractivity (Wildman–Crippen MR) is 79.7 cm³/mol. The van der Waals surface area contributed by atoms with E-state index in [4.69, 9.17) is 0 Å². The fourth-order valence-corrected chi connectivity index (χ4v) is 2.72. The van der Waals surface area contributed by atoms with E-state index in [1.807, 2.05) is 0 Å². The molecular weight excluding hydrogens is 216 g/mol. The van der Waals surface area contributed by atoms with Crippen LogP contribution in [0.2, 0.25) is 0 Å². The highest BCUT2D eigenvalue weighted by atomic mass is 14.1. The Morgan fingerprint density at radius 1 is 1.00 bits per heavy atom. The first-order valence-corrected chi connectivity index (χ1v) is 6.61. The minimum Gasteiger partial charge on any atom is -0.0763 e. The number of hydrogen-bond acceptors (Lipinski definition) is 0. The third-order valence-corrected chi connectivity index (χ3v) is 3.71. The summed E-state index contributed by atoms with van der Waals surface area (Å²) < 4.78 is 0. The fraction of sp³-hybridized carbons (Fsp3) is 0.222. The quantitative estimate of drug-likeness (QED) is 0.630. The minimum atomic E-state index is 1.17. The van der Waals surface area contributed by atoms with Gasteiger partial charge in [-0.3, -0.25) is 0 Å². The lowest BCUT2D eigenvalue weighted by atomic mass is 9.92. The standard InChI is InChI=1S/C18H18/c1-13-6-5-8-15(10-13)17-11-14(2)18-9-4-3-7-16(18)12-17/h3-4,7-12H,5-6H2,1-2H3. The van der Waals surface area contributed by atoms with Crippen molar-refractivity contribution in [3.63, 3.8) is 0 Å². The highest BCUT2D eigenvalue weighted by molar-refractivity contribution is 5.90. The third kappa shape index (κ3) is 1.99. The van der Waals surface area contributed by atoms with Crippen molar-refractivity contribution in [3.05, 3.63) is 65.3 Å². The second-order valence-electron chi connectivity index (χ2n) is 5.20. The van der Waals surface area contributed by atoms with Crippen LogP contribution in [0.5, 0.6) is 0 Å². The van der Waals surface area contributed by atoms with E-state index in [1.165, 1.54) is 45.9 Å². The van der Waals surface area contributed by atoms with E-state index in [0.29, 0.717) is 0 Å². The molecule has 0 fully saturated rings. The Labute approximate surface area is 109 Å². The van der Waals surface area contributed by atoms with Crippen LogP contribution in [0.4, 0.5) is 0 Å². The van der Waals surface area contributed by atoms with Crippen molar-refractivity contribution >= 4 is 16.3 Å². The maximum Gasteiger partial charge on any atom is -0.0154 e. The molecule has 0 saturated heterocycles. The fourth-order valence-electron chi connectivity index (χ4n) is 2.72. The van der Waals surface area contributed by atoms with Gasteiger partial charge >= 0.3 is 0 Å². The number of aryl methyl sites for hydroxylation is 1. The largest absolute Gasteiger partial charge is 0.0763 e. The van der Waals surface area contributed by atoms with Gasteiger partial charge in [0.1, 0.15) is 0 Å². The molecule has 1 aliphatic carbocycles. The molecule has 0 amide bonds. The van der Waals surface area contributed by atoms with Crippen LogP contribution in [0.3, 0.4) is 0 Å². The van der Waals surface area contributed by atoms with Crippen LogP contribution < -0.4 is 0 Å². The van der Waals surface area contributed by atoms with Gasteiger partial charge in [0.05, 0.1) is 0 Å². The Bertz CT molecular complexity index is 657. The van der Waals surface area contributed by atoms with Crippen molar-refractivity contribution in [1.82, 2.24) is 0 Å². The zero-order chi connectivity index (χ0) is 12.5. The van der Waals surface area contributed by atoms with Crippen LogP contribution in [0.1, 0.15) is 30.9 Å². The summed E-state index contributed by atoms with van der Waals surface area (Å²) in [6.45, 7) is 4.42. The first-order valence-electron chi connectivity index (χ1n) is 6.61. The monoisotopic (exact) mass is 234 g/mol. The SMILES string of the molecule is CC1=CC(c2cc(C)c3ccccc3c2)=CCC1. The van der Waals surface area contributed by atoms with Gasteiger partial charge in [-0.2, -0.15) is 0 Å². The highest BCUT2D eigenvalue weighted by Gasteiger charge is 2.07. The summed E-state index contributed by atoms with van der Waals surface area (Å²) >= 11 is 0. The lowest BCUT2D eigenvalue weighted by Gasteiger charge is -2.13. The molecule has 2 aromatic carbocycles. The van der Waals surface area contributed by atoms with Gasteiger partial charge in [0.15, 0.2) is 0 Å². The van der Waals surface area contributed by atoms with Gasteiger partial charge in [0.2, 0.25) is 0 Å². The first kappa shape index (κ1) is 11.3. The molecular formula is C18H18. The van der Waals surface area contributed by atoms with Crippen molar-refractivity contribution in [1.29, 1.82) is 0 Å². The van der Waals surface area contributed by atoms with Crippen molar-refractivity contribution in [2.75, 3.05) is 0 Å². The van der Waals surface area contributed by atoms with Crippen molar-refractivity contribution in [3.8, 4) is 0 Å². The van der Waals surface area contributed by atoms with Gasteiger partial charge in [-0.15, -0.1) is 0 Å². The summed E-state index contributed by atoms with van der Waals surface area (Å²) in [6.07, 6.45) is 7.06. The van der Waals surface area contributed by atoms with Crippen molar-refractivity contribution < 1.29 is 0 Å². The molecule has 90 valence electrons. The number of fused-ring (bicyclic) bond motifs is 1. The summed E-state index contributed by atoms with van der Waals surface area (Å²) in [5.41, 5.74) is 5.58. The molecule has 0 nitrogen and oxygen atoms in total. The van der Waals surface area contributed by atoms with Gasteiger partial charge in [-0.05, 0) is 60.2 Å². The van der Waals surface area contributed by atoms with Gasteiger partial charge in [-0.1, -0.05) is 48.1 Å².